The lowest BCUT2D eigenvalue weighted by Crippen LogP contribution is -2.40. The number of anilines is 2. The van der Waals surface area contributed by atoms with Crippen molar-refractivity contribution in [2.24, 2.45) is 0 Å². The number of aryl methyl sites for hydroxylation is 4. The number of benzene rings is 2. The van der Waals surface area contributed by atoms with Gasteiger partial charge in [-0.05, 0) is 87.0 Å². The van der Waals surface area contributed by atoms with Crippen molar-refractivity contribution < 1.29 is 4.74 Å². The Morgan fingerprint density at radius 1 is 1.00 bits per heavy atom. The van der Waals surface area contributed by atoms with Crippen LogP contribution in [0.2, 0.25) is 0 Å². The van der Waals surface area contributed by atoms with Gasteiger partial charge in [0.05, 0.1) is 13.2 Å². The first-order valence-electron chi connectivity index (χ1n) is 14.2. The van der Waals surface area contributed by atoms with Crippen LogP contribution in [0.15, 0.2) is 30.3 Å². The number of morpholine rings is 1. The Hall–Kier alpha value is -2.15. The molecule has 0 saturated carbocycles. The molecule has 1 fully saturated rings. The van der Waals surface area contributed by atoms with Gasteiger partial charge in [0, 0.05) is 57.2 Å². The van der Waals surface area contributed by atoms with Crippen molar-refractivity contribution in [3.05, 3.63) is 58.1 Å². The Bertz CT molecular complexity index is 1030. The Labute approximate surface area is 230 Å². The second kappa shape index (κ2) is 13.6. The third-order valence-electron chi connectivity index (χ3n) is 7.72. The van der Waals surface area contributed by atoms with Crippen molar-refractivity contribution in [1.29, 1.82) is 0 Å². The molecule has 0 aliphatic carbocycles. The van der Waals surface area contributed by atoms with Crippen molar-refractivity contribution in [2.75, 3.05) is 62.7 Å². The van der Waals surface area contributed by atoms with Gasteiger partial charge in [-0.3, -0.25) is 4.90 Å². The van der Waals surface area contributed by atoms with E-state index in [0.29, 0.717) is 0 Å². The quantitative estimate of drug-likeness (QED) is 0.380. The Morgan fingerprint density at radius 2 is 1.76 bits per heavy atom. The van der Waals surface area contributed by atoms with E-state index < -0.39 is 0 Å². The second-order valence-corrected chi connectivity index (χ2v) is 11.2. The molecular weight excluding hydrogens is 476 g/mol. The maximum atomic E-state index is 6.04. The van der Waals surface area contributed by atoms with E-state index in [4.69, 9.17) is 17.0 Å². The first-order chi connectivity index (χ1) is 17.9. The lowest BCUT2D eigenvalue weighted by Gasteiger charge is -2.33. The molecule has 2 aromatic rings. The van der Waals surface area contributed by atoms with Crippen LogP contribution >= 0.6 is 12.2 Å². The number of fused-ring (bicyclic) bond motifs is 1. The SMILES string of the molecule is CCCCN1CCCc2cc(CN(CCCN3CCOCC3)C(=S)Nc3c(C)cc(C)cc3C)ccc21. The number of unbranched alkanes of at least 4 members (excludes halogenated alkanes) is 1. The molecule has 37 heavy (non-hydrogen) atoms. The minimum absolute atomic E-state index is 0.819. The fraction of sp³-hybridized carbons (Fsp3) is 0.581. The zero-order valence-electron chi connectivity index (χ0n) is 23.4. The van der Waals surface area contributed by atoms with Gasteiger partial charge in [-0.2, -0.15) is 0 Å². The standard InChI is InChI=1S/C31H46N4OS/c1-5-6-13-34-14-7-9-28-22-27(10-11-29(28)34)23-35(15-8-12-33-16-18-36-19-17-33)31(37)32-30-25(3)20-24(2)21-26(30)4/h10-11,20-22H,5-9,12-19,23H2,1-4H3,(H,32,37). The van der Waals surface area contributed by atoms with Gasteiger partial charge in [-0.25, -0.2) is 0 Å². The summed E-state index contributed by atoms with van der Waals surface area (Å²) in [5, 5.41) is 4.44. The Kier molecular flexibility index (Phi) is 10.2. The number of nitrogens with zero attached hydrogens (tertiary/aromatic N) is 3. The summed E-state index contributed by atoms with van der Waals surface area (Å²) >= 11 is 6.04. The molecule has 0 spiro atoms. The van der Waals surface area contributed by atoms with Crippen LogP contribution in [0.4, 0.5) is 11.4 Å². The van der Waals surface area contributed by atoms with E-state index in [-0.39, 0.29) is 0 Å². The van der Waals surface area contributed by atoms with E-state index in [1.807, 2.05) is 0 Å². The predicted molar refractivity (Wildman–Crippen MR) is 161 cm³/mol. The number of ether oxygens (including phenoxy) is 1. The molecule has 1 saturated heterocycles. The number of nitrogens with one attached hydrogen (secondary N) is 1. The molecule has 0 bridgehead atoms. The zero-order valence-corrected chi connectivity index (χ0v) is 24.3. The van der Waals surface area contributed by atoms with Crippen LogP contribution in [-0.2, 0) is 17.7 Å². The van der Waals surface area contributed by atoms with Crippen molar-refractivity contribution in [1.82, 2.24) is 9.80 Å². The number of hydrogen-bond donors (Lipinski definition) is 1. The molecule has 5 nitrogen and oxygen atoms in total. The van der Waals surface area contributed by atoms with Gasteiger partial charge in [0.2, 0.25) is 0 Å². The fourth-order valence-corrected chi connectivity index (χ4v) is 6.01. The van der Waals surface area contributed by atoms with Crippen LogP contribution < -0.4 is 10.2 Å². The lowest BCUT2D eigenvalue weighted by atomic mass is 9.98. The van der Waals surface area contributed by atoms with E-state index in [9.17, 15) is 0 Å². The van der Waals surface area contributed by atoms with Crippen LogP contribution in [-0.4, -0.2) is 67.4 Å². The topological polar surface area (TPSA) is 31.0 Å². The van der Waals surface area contributed by atoms with Gasteiger partial charge in [-0.15, -0.1) is 0 Å². The summed E-state index contributed by atoms with van der Waals surface area (Å²) in [7, 11) is 0. The molecule has 2 aliphatic heterocycles. The van der Waals surface area contributed by atoms with Crippen molar-refractivity contribution in [2.45, 2.75) is 66.3 Å². The first-order valence-corrected chi connectivity index (χ1v) is 14.7. The summed E-state index contributed by atoms with van der Waals surface area (Å²) in [5.41, 5.74) is 9.21. The Balaban J connectivity index is 1.48. The van der Waals surface area contributed by atoms with Crippen LogP contribution in [0.5, 0.6) is 0 Å². The highest BCUT2D eigenvalue weighted by Crippen LogP contribution is 2.29. The maximum absolute atomic E-state index is 6.04. The molecule has 0 aromatic heterocycles. The van der Waals surface area contributed by atoms with E-state index >= 15 is 0 Å². The van der Waals surface area contributed by atoms with Crippen LogP contribution in [0.25, 0.3) is 0 Å². The molecular formula is C31H46N4OS. The summed E-state index contributed by atoms with van der Waals surface area (Å²) in [5.74, 6) is 0. The number of thiocarbonyl (C=S) groups is 1. The average molecular weight is 523 g/mol. The van der Waals surface area contributed by atoms with Gasteiger partial charge in [0.1, 0.15) is 0 Å². The zero-order chi connectivity index (χ0) is 26.2. The van der Waals surface area contributed by atoms with Crippen LogP contribution in [0.1, 0.15) is 60.4 Å². The van der Waals surface area contributed by atoms with Gasteiger partial charge >= 0.3 is 0 Å². The van der Waals surface area contributed by atoms with E-state index in [0.717, 1.165) is 63.2 Å². The normalized spacial score (nSPS) is 15.9. The molecule has 2 heterocycles. The molecule has 0 radical (unpaired) electrons. The average Bonchev–Trinajstić information content (AvgIpc) is 2.89. The van der Waals surface area contributed by atoms with Gasteiger partial charge in [0.25, 0.3) is 0 Å². The van der Waals surface area contributed by atoms with Gasteiger partial charge < -0.3 is 19.9 Å². The first kappa shape index (κ1) is 27.9. The summed E-state index contributed by atoms with van der Waals surface area (Å²) in [6.45, 7) is 17.7. The highest BCUT2D eigenvalue weighted by molar-refractivity contribution is 7.80. The van der Waals surface area contributed by atoms with Gasteiger partial charge in [-0.1, -0.05) is 43.2 Å². The molecule has 4 rings (SSSR count). The van der Waals surface area contributed by atoms with Crippen molar-refractivity contribution in [3.8, 4) is 0 Å². The third-order valence-corrected chi connectivity index (χ3v) is 8.08. The van der Waals surface area contributed by atoms with E-state index in [1.165, 1.54) is 72.3 Å². The summed E-state index contributed by atoms with van der Waals surface area (Å²) in [4.78, 5) is 7.46. The second-order valence-electron chi connectivity index (χ2n) is 10.8. The third kappa shape index (κ3) is 7.68. The smallest absolute Gasteiger partial charge is 0.173 e. The monoisotopic (exact) mass is 522 g/mol. The molecule has 1 N–H and O–H groups in total. The highest BCUT2D eigenvalue weighted by Gasteiger charge is 2.19. The molecule has 2 aromatic carbocycles. The van der Waals surface area contributed by atoms with Crippen molar-refractivity contribution >= 4 is 28.7 Å². The molecule has 0 atom stereocenters. The summed E-state index contributed by atoms with van der Waals surface area (Å²) < 4.78 is 5.53. The van der Waals surface area contributed by atoms with Gasteiger partial charge in [0.15, 0.2) is 5.11 Å². The maximum Gasteiger partial charge on any atom is 0.173 e. The van der Waals surface area contributed by atoms with E-state index in [1.54, 1.807) is 0 Å². The minimum atomic E-state index is 0.819. The fourth-order valence-electron chi connectivity index (χ4n) is 5.75. The summed E-state index contributed by atoms with van der Waals surface area (Å²) in [6.07, 6.45) is 6.01. The molecule has 0 unspecified atom stereocenters. The van der Waals surface area contributed by atoms with Crippen LogP contribution in [0.3, 0.4) is 0 Å². The molecule has 2 aliphatic rings. The lowest BCUT2D eigenvalue weighted by molar-refractivity contribution is 0.0368. The van der Waals surface area contributed by atoms with Crippen molar-refractivity contribution in [3.63, 3.8) is 0 Å². The van der Waals surface area contributed by atoms with E-state index in [2.05, 4.69) is 78.0 Å². The highest BCUT2D eigenvalue weighted by atomic mass is 32.1. The number of hydrogen-bond acceptors (Lipinski definition) is 4. The molecule has 6 heteroatoms. The van der Waals surface area contributed by atoms with Crippen LogP contribution in [0, 0.1) is 20.8 Å². The summed E-state index contributed by atoms with van der Waals surface area (Å²) in [6, 6.07) is 11.6. The predicted octanol–water partition coefficient (Wildman–Crippen LogP) is 6.09. The number of rotatable bonds is 10. The Morgan fingerprint density at radius 3 is 2.49 bits per heavy atom. The minimum Gasteiger partial charge on any atom is -0.379 e. The molecule has 202 valence electrons. The molecule has 0 amide bonds. The largest absolute Gasteiger partial charge is 0.379 e.